The zero-order chi connectivity index (χ0) is 22.4. The Morgan fingerprint density at radius 2 is 2.00 bits per heavy atom. The molecule has 2 aromatic rings. The highest BCUT2D eigenvalue weighted by molar-refractivity contribution is 8.13. The summed E-state index contributed by atoms with van der Waals surface area (Å²) in [7, 11) is 1.66. The highest BCUT2D eigenvalue weighted by atomic mass is 35.5. The fraction of sp³-hybridized carbons (Fsp3) is 0.333. The Balaban J connectivity index is 1.64. The largest absolute Gasteiger partial charge is 0.497 e. The standard InChI is InChI=1S/C24H28ClN3O2S/c1-17(14-19-6-5-7-22(15-19)30-3)26-24(31-4)27-12-13-28(18(2)16-27)23(29)20-8-10-21(25)11-9-20/h5-11,15,18H,1,12-14,16H2,2-4H3. The lowest BCUT2D eigenvalue weighted by molar-refractivity contribution is 0.0584. The van der Waals surface area contributed by atoms with Crippen molar-refractivity contribution in [2.45, 2.75) is 19.4 Å². The molecule has 0 radical (unpaired) electrons. The number of methoxy groups -OCH3 is 1. The van der Waals surface area contributed by atoms with Gasteiger partial charge in [-0.3, -0.25) is 4.79 Å². The Morgan fingerprint density at radius 1 is 1.26 bits per heavy atom. The maximum atomic E-state index is 12.9. The average Bonchev–Trinajstić information content (AvgIpc) is 2.77. The van der Waals surface area contributed by atoms with E-state index in [0.717, 1.165) is 35.3 Å². The third kappa shape index (κ3) is 6.05. The molecule has 1 amide bonds. The maximum absolute atomic E-state index is 12.9. The molecule has 0 spiro atoms. The Kier molecular flexibility index (Phi) is 8.04. The van der Waals surface area contributed by atoms with Crippen molar-refractivity contribution in [3.8, 4) is 5.75 Å². The van der Waals surface area contributed by atoms with Crippen molar-refractivity contribution >= 4 is 34.4 Å². The number of carbonyl (C=O) groups is 1. The van der Waals surface area contributed by atoms with Gasteiger partial charge in [0.05, 0.1) is 7.11 Å². The van der Waals surface area contributed by atoms with Gasteiger partial charge in [0, 0.05) is 48.4 Å². The first-order chi connectivity index (χ1) is 14.9. The molecule has 1 aliphatic rings. The molecule has 0 aromatic heterocycles. The van der Waals surface area contributed by atoms with Gasteiger partial charge in [-0.2, -0.15) is 0 Å². The fourth-order valence-electron chi connectivity index (χ4n) is 3.63. The molecule has 1 fully saturated rings. The Morgan fingerprint density at radius 3 is 2.65 bits per heavy atom. The summed E-state index contributed by atoms with van der Waals surface area (Å²) in [5.41, 5.74) is 2.57. The van der Waals surface area contributed by atoms with E-state index in [1.807, 2.05) is 35.4 Å². The number of nitrogens with zero attached hydrogens (tertiary/aromatic N) is 3. The smallest absolute Gasteiger partial charge is 0.254 e. The van der Waals surface area contributed by atoms with Crippen molar-refractivity contribution in [2.24, 2.45) is 4.99 Å². The Labute approximate surface area is 193 Å². The van der Waals surface area contributed by atoms with E-state index in [1.54, 1.807) is 43.1 Å². The van der Waals surface area contributed by atoms with Gasteiger partial charge in [-0.15, -0.1) is 0 Å². The lowest BCUT2D eigenvalue weighted by Crippen LogP contribution is -2.55. The van der Waals surface area contributed by atoms with E-state index in [0.29, 0.717) is 23.6 Å². The lowest BCUT2D eigenvalue weighted by atomic mass is 10.1. The molecule has 164 valence electrons. The third-order valence-corrected chi connectivity index (χ3v) is 6.20. The lowest BCUT2D eigenvalue weighted by Gasteiger charge is -2.41. The zero-order valence-electron chi connectivity index (χ0n) is 18.2. The number of allylic oxidation sites excluding steroid dienone is 1. The summed E-state index contributed by atoms with van der Waals surface area (Å²) < 4.78 is 5.30. The Hall–Kier alpha value is -2.44. The van der Waals surface area contributed by atoms with Gasteiger partial charge in [-0.1, -0.05) is 42.1 Å². The average molecular weight is 458 g/mol. The molecule has 3 rings (SSSR count). The summed E-state index contributed by atoms with van der Waals surface area (Å²) in [5.74, 6) is 0.864. The number of thioether (sulfide) groups is 1. The van der Waals surface area contributed by atoms with Gasteiger partial charge in [-0.05, 0) is 55.1 Å². The molecule has 0 bridgehead atoms. The maximum Gasteiger partial charge on any atom is 0.254 e. The van der Waals surface area contributed by atoms with E-state index < -0.39 is 0 Å². The van der Waals surface area contributed by atoms with Gasteiger partial charge >= 0.3 is 0 Å². The van der Waals surface area contributed by atoms with Crippen LogP contribution in [0.4, 0.5) is 0 Å². The van der Waals surface area contributed by atoms with Gasteiger partial charge in [0.2, 0.25) is 0 Å². The van der Waals surface area contributed by atoms with Crippen LogP contribution in [0.3, 0.4) is 0 Å². The minimum Gasteiger partial charge on any atom is -0.497 e. The molecule has 31 heavy (non-hydrogen) atoms. The molecule has 1 heterocycles. The predicted octanol–water partition coefficient (Wildman–Crippen LogP) is 4.97. The van der Waals surface area contributed by atoms with E-state index in [9.17, 15) is 4.79 Å². The number of amides is 1. The molecule has 0 aliphatic carbocycles. The summed E-state index contributed by atoms with van der Waals surface area (Å²) in [6, 6.07) is 15.1. The fourth-order valence-corrected chi connectivity index (χ4v) is 4.40. The first kappa shape index (κ1) is 23.2. The number of amidine groups is 1. The second-order valence-electron chi connectivity index (χ2n) is 7.49. The molecule has 0 saturated carbocycles. The SMILES string of the molecule is C=C(Cc1cccc(OC)c1)N=C(SC)N1CCN(C(=O)c2ccc(Cl)cc2)C(C)C1. The van der Waals surface area contributed by atoms with Crippen LogP contribution in [0.15, 0.2) is 65.8 Å². The minimum absolute atomic E-state index is 0.0360. The van der Waals surface area contributed by atoms with Crippen LogP contribution in [0.1, 0.15) is 22.8 Å². The molecule has 1 atom stereocenters. The molecule has 1 unspecified atom stereocenters. The molecule has 5 nitrogen and oxygen atoms in total. The third-order valence-electron chi connectivity index (χ3n) is 5.23. The van der Waals surface area contributed by atoms with Crippen LogP contribution in [-0.4, -0.2) is 59.9 Å². The van der Waals surface area contributed by atoms with Crippen molar-refractivity contribution in [1.29, 1.82) is 0 Å². The normalized spacial score (nSPS) is 16.9. The topological polar surface area (TPSA) is 45.1 Å². The van der Waals surface area contributed by atoms with Crippen LogP contribution >= 0.6 is 23.4 Å². The highest BCUT2D eigenvalue weighted by Gasteiger charge is 2.29. The molecule has 7 heteroatoms. The first-order valence-corrected chi connectivity index (χ1v) is 11.8. The quantitative estimate of drug-likeness (QED) is 0.469. The van der Waals surface area contributed by atoms with Crippen molar-refractivity contribution in [3.05, 3.63) is 77.0 Å². The minimum atomic E-state index is 0.0360. The zero-order valence-corrected chi connectivity index (χ0v) is 19.7. The summed E-state index contributed by atoms with van der Waals surface area (Å²) in [6.07, 6.45) is 2.68. The summed E-state index contributed by atoms with van der Waals surface area (Å²) in [4.78, 5) is 21.9. The number of hydrogen-bond donors (Lipinski definition) is 0. The number of piperazine rings is 1. The van der Waals surface area contributed by atoms with Gasteiger partial charge < -0.3 is 14.5 Å². The molecule has 1 aliphatic heterocycles. The van der Waals surface area contributed by atoms with Crippen molar-refractivity contribution in [2.75, 3.05) is 33.0 Å². The molecular formula is C24H28ClN3O2S. The number of hydrogen-bond acceptors (Lipinski definition) is 4. The number of halogens is 1. The van der Waals surface area contributed by atoms with Crippen LogP contribution < -0.4 is 4.74 Å². The number of aliphatic imine (C=N–C) groups is 1. The van der Waals surface area contributed by atoms with Crippen LogP contribution in [0, 0.1) is 0 Å². The summed E-state index contributed by atoms with van der Waals surface area (Å²) in [5, 5.41) is 1.56. The second-order valence-corrected chi connectivity index (χ2v) is 8.70. The number of rotatable bonds is 5. The number of benzene rings is 2. The van der Waals surface area contributed by atoms with Gasteiger partial charge in [0.15, 0.2) is 5.17 Å². The van der Waals surface area contributed by atoms with E-state index >= 15 is 0 Å². The predicted molar refractivity (Wildman–Crippen MR) is 130 cm³/mol. The van der Waals surface area contributed by atoms with Crippen molar-refractivity contribution in [3.63, 3.8) is 0 Å². The first-order valence-electron chi connectivity index (χ1n) is 10.2. The monoisotopic (exact) mass is 457 g/mol. The van der Waals surface area contributed by atoms with Crippen molar-refractivity contribution < 1.29 is 9.53 Å². The van der Waals surface area contributed by atoms with Gasteiger partial charge in [0.25, 0.3) is 5.91 Å². The summed E-state index contributed by atoms with van der Waals surface area (Å²) in [6.45, 7) is 8.33. The molecule has 2 aromatic carbocycles. The van der Waals surface area contributed by atoms with E-state index in [-0.39, 0.29) is 11.9 Å². The Bertz CT molecular complexity index is 962. The molecule has 0 N–H and O–H groups in total. The van der Waals surface area contributed by atoms with E-state index in [2.05, 4.69) is 18.4 Å². The van der Waals surface area contributed by atoms with Gasteiger partial charge in [-0.25, -0.2) is 4.99 Å². The second kappa shape index (κ2) is 10.7. The molecule has 1 saturated heterocycles. The van der Waals surface area contributed by atoms with Crippen molar-refractivity contribution in [1.82, 2.24) is 9.80 Å². The van der Waals surface area contributed by atoms with Gasteiger partial charge in [0.1, 0.15) is 5.75 Å². The van der Waals surface area contributed by atoms with Crippen LogP contribution in [0.2, 0.25) is 5.02 Å². The highest BCUT2D eigenvalue weighted by Crippen LogP contribution is 2.21. The van der Waals surface area contributed by atoms with Crippen LogP contribution in [-0.2, 0) is 6.42 Å². The summed E-state index contributed by atoms with van der Waals surface area (Å²) >= 11 is 7.55. The molecular weight excluding hydrogens is 430 g/mol. The number of ether oxygens (including phenoxy) is 1. The van der Waals surface area contributed by atoms with Crippen LogP contribution in [0.25, 0.3) is 0 Å². The number of carbonyl (C=O) groups excluding carboxylic acids is 1. The van der Waals surface area contributed by atoms with E-state index in [1.165, 1.54) is 0 Å². The van der Waals surface area contributed by atoms with E-state index in [4.69, 9.17) is 21.3 Å². The van der Waals surface area contributed by atoms with Crippen LogP contribution in [0.5, 0.6) is 5.75 Å².